The Kier molecular flexibility index (Phi) is 6.39. The molecule has 0 saturated carbocycles. The van der Waals surface area contributed by atoms with E-state index in [1.807, 2.05) is 0 Å². The molecule has 138 valence electrons. The Labute approximate surface area is 157 Å². The van der Waals surface area contributed by atoms with E-state index in [0.29, 0.717) is 22.0 Å². The van der Waals surface area contributed by atoms with Crippen LogP contribution in [0.2, 0.25) is 5.02 Å². The van der Waals surface area contributed by atoms with E-state index in [9.17, 15) is 18.0 Å². The van der Waals surface area contributed by atoms with Crippen LogP contribution >= 0.6 is 11.6 Å². The standard InChI is InChI=1S/C18H19ClN2O4S/c1-13(22)14-5-3-8-17(11-14)21(26(2,24)25)10-9-18(23)20-16-7-4-6-15(19)12-16/h3-8,11-12H,9-10H2,1-2H3,(H,20,23). The molecule has 0 saturated heterocycles. The largest absolute Gasteiger partial charge is 0.326 e. The number of anilines is 2. The van der Waals surface area contributed by atoms with Gasteiger partial charge in [0.25, 0.3) is 0 Å². The van der Waals surface area contributed by atoms with Crippen LogP contribution in [-0.2, 0) is 14.8 Å². The van der Waals surface area contributed by atoms with E-state index in [-0.39, 0.29) is 24.7 Å². The molecule has 2 aromatic carbocycles. The van der Waals surface area contributed by atoms with Gasteiger partial charge in [-0.3, -0.25) is 13.9 Å². The molecule has 8 heteroatoms. The molecule has 1 N–H and O–H groups in total. The molecule has 6 nitrogen and oxygen atoms in total. The maximum Gasteiger partial charge on any atom is 0.232 e. The van der Waals surface area contributed by atoms with Gasteiger partial charge in [0.15, 0.2) is 5.78 Å². The van der Waals surface area contributed by atoms with Crippen LogP contribution in [0.15, 0.2) is 48.5 Å². The zero-order chi connectivity index (χ0) is 19.3. The maximum atomic E-state index is 12.1. The molecular weight excluding hydrogens is 376 g/mol. The summed E-state index contributed by atoms with van der Waals surface area (Å²) in [5, 5.41) is 3.16. The lowest BCUT2D eigenvalue weighted by molar-refractivity contribution is -0.116. The molecule has 0 radical (unpaired) electrons. The van der Waals surface area contributed by atoms with Crippen molar-refractivity contribution < 1.29 is 18.0 Å². The Morgan fingerprint density at radius 3 is 2.42 bits per heavy atom. The van der Waals surface area contributed by atoms with Gasteiger partial charge in [0.1, 0.15) is 0 Å². The molecular formula is C18H19ClN2O4S. The van der Waals surface area contributed by atoms with Crippen LogP contribution in [0, 0.1) is 0 Å². The second-order valence-corrected chi connectivity index (χ2v) is 8.09. The minimum absolute atomic E-state index is 0.0490. The number of nitrogens with one attached hydrogen (secondary N) is 1. The van der Waals surface area contributed by atoms with E-state index in [2.05, 4.69) is 5.32 Å². The Morgan fingerprint density at radius 2 is 1.81 bits per heavy atom. The molecule has 0 aliphatic carbocycles. The third-order valence-corrected chi connectivity index (χ3v) is 5.02. The van der Waals surface area contributed by atoms with Gasteiger partial charge in [0.05, 0.1) is 11.9 Å². The Balaban J connectivity index is 2.13. The van der Waals surface area contributed by atoms with E-state index < -0.39 is 10.0 Å². The summed E-state index contributed by atoms with van der Waals surface area (Å²) in [5.74, 6) is -0.511. The summed E-state index contributed by atoms with van der Waals surface area (Å²) >= 11 is 5.87. The topological polar surface area (TPSA) is 83.6 Å². The monoisotopic (exact) mass is 394 g/mol. The molecule has 0 aromatic heterocycles. The summed E-state index contributed by atoms with van der Waals surface area (Å²) < 4.78 is 25.3. The number of Topliss-reactive ketones (excluding diaryl/α,β-unsaturated/α-hetero) is 1. The second-order valence-electron chi connectivity index (χ2n) is 5.75. The van der Waals surface area contributed by atoms with Gasteiger partial charge in [-0.1, -0.05) is 29.8 Å². The van der Waals surface area contributed by atoms with E-state index in [1.54, 1.807) is 42.5 Å². The summed E-state index contributed by atoms with van der Waals surface area (Å²) in [4.78, 5) is 23.7. The molecule has 0 bridgehead atoms. The Morgan fingerprint density at radius 1 is 1.12 bits per heavy atom. The van der Waals surface area contributed by atoms with Crippen molar-refractivity contribution in [2.45, 2.75) is 13.3 Å². The number of nitrogens with zero attached hydrogens (tertiary/aromatic N) is 1. The van der Waals surface area contributed by atoms with Crippen LogP contribution in [-0.4, -0.2) is 32.9 Å². The van der Waals surface area contributed by atoms with Crippen molar-refractivity contribution in [1.29, 1.82) is 0 Å². The Bertz CT molecular complexity index is 928. The first kappa shape index (κ1) is 19.9. The average molecular weight is 395 g/mol. The third kappa shape index (κ3) is 5.57. The summed E-state index contributed by atoms with van der Waals surface area (Å²) in [5.41, 5.74) is 1.28. The summed E-state index contributed by atoms with van der Waals surface area (Å²) in [6, 6.07) is 13.0. The normalized spacial score (nSPS) is 11.0. The van der Waals surface area contributed by atoms with Crippen molar-refractivity contribution in [2.75, 3.05) is 22.4 Å². The lowest BCUT2D eigenvalue weighted by Crippen LogP contribution is -2.33. The maximum absolute atomic E-state index is 12.1. The van der Waals surface area contributed by atoms with E-state index >= 15 is 0 Å². The smallest absolute Gasteiger partial charge is 0.232 e. The first-order valence-electron chi connectivity index (χ1n) is 7.81. The first-order chi connectivity index (χ1) is 12.2. The number of hydrogen-bond acceptors (Lipinski definition) is 4. The minimum Gasteiger partial charge on any atom is -0.326 e. The first-order valence-corrected chi connectivity index (χ1v) is 10.0. The number of amides is 1. The van der Waals surface area contributed by atoms with Crippen LogP contribution in [0.5, 0.6) is 0 Å². The number of benzene rings is 2. The zero-order valence-corrected chi connectivity index (χ0v) is 16.0. The quantitative estimate of drug-likeness (QED) is 0.730. The van der Waals surface area contributed by atoms with E-state index in [1.165, 1.54) is 13.0 Å². The van der Waals surface area contributed by atoms with Gasteiger partial charge in [-0.15, -0.1) is 0 Å². The number of rotatable bonds is 7. The van der Waals surface area contributed by atoms with Gasteiger partial charge in [-0.25, -0.2) is 8.42 Å². The van der Waals surface area contributed by atoms with Crippen molar-refractivity contribution in [1.82, 2.24) is 0 Å². The van der Waals surface area contributed by atoms with Crippen LogP contribution < -0.4 is 9.62 Å². The zero-order valence-electron chi connectivity index (χ0n) is 14.4. The van der Waals surface area contributed by atoms with Crippen LogP contribution in [0.4, 0.5) is 11.4 Å². The van der Waals surface area contributed by atoms with Crippen molar-refractivity contribution in [3.8, 4) is 0 Å². The highest BCUT2D eigenvalue weighted by molar-refractivity contribution is 7.92. The molecule has 0 heterocycles. The number of ketones is 1. The molecule has 2 rings (SSSR count). The van der Waals surface area contributed by atoms with Gasteiger partial charge in [-0.2, -0.15) is 0 Å². The summed E-state index contributed by atoms with van der Waals surface area (Å²) in [6.07, 6.45) is 1.01. The van der Waals surface area contributed by atoms with Crippen LogP contribution in [0.25, 0.3) is 0 Å². The van der Waals surface area contributed by atoms with Crippen molar-refractivity contribution in [3.05, 3.63) is 59.1 Å². The third-order valence-electron chi connectivity index (χ3n) is 3.59. The van der Waals surface area contributed by atoms with E-state index in [0.717, 1.165) is 10.6 Å². The number of hydrogen-bond donors (Lipinski definition) is 1. The van der Waals surface area contributed by atoms with Gasteiger partial charge >= 0.3 is 0 Å². The molecule has 0 atom stereocenters. The van der Waals surface area contributed by atoms with Crippen molar-refractivity contribution >= 4 is 44.7 Å². The molecule has 0 unspecified atom stereocenters. The van der Waals surface area contributed by atoms with Crippen molar-refractivity contribution in [2.24, 2.45) is 0 Å². The number of sulfonamides is 1. The molecule has 2 aromatic rings. The predicted molar refractivity (Wildman–Crippen MR) is 103 cm³/mol. The van der Waals surface area contributed by atoms with Gasteiger partial charge in [0.2, 0.25) is 15.9 Å². The fourth-order valence-corrected chi connectivity index (χ4v) is 3.47. The number of carbonyl (C=O) groups excluding carboxylic acids is 2. The molecule has 1 amide bonds. The highest BCUT2D eigenvalue weighted by atomic mass is 35.5. The summed E-state index contributed by atoms with van der Waals surface area (Å²) in [6.45, 7) is 1.36. The molecule has 0 spiro atoms. The Hall–Kier alpha value is -2.38. The van der Waals surface area contributed by atoms with Gasteiger partial charge < -0.3 is 5.32 Å². The van der Waals surface area contributed by atoms with Gasteiger partial charge in [0, 0.05) is 29.2 Å². The molecule has 0 fully saturated rings. The SMILES string of the molecule is CC(=O)c1cccc(N(CCC(=O)Nc2cccc(Cl)c2)S(C)(=O)=O)c1. The number of halogens is 1. The predicted octanol–water partition coefficient (Wildman–Crippen LogP) is 3.34. The summed E-state index contributed by atoms with van der Waals surface area (Å²) in [7, 11) is -3.61. The average Bonchev–Trinajstić information content (AvgIpc) is 2.54. The van der Waals surface area contributed by atoms with Crippen molar-refractivity contribution in [3.63, 3.8) is 0 Å². The molecule has 0 aliphatic heterocycles. The highest BCUT2D eigenvalue weighted by Crippen LogP contribution is 2.20. The van der Waals surface area contributed by atoms with E-state index in [4.69, 9.17) is 11.6 Å². The lowest BCUT2D eigenvalue weighted by Gasteiger charge is -2.22. The van der Waals surface area contributed by atoms with Crippen LogP contribution in [0.3, 0.4) is 0 Å². The highest BCUT2D eigenvalue weighted by Gasteiger charge is 2.19. The molecule has 26 heavy (non-hydrogen) atoms. The van der Waals surface area contributed by atoms with Gasteiger partial charge in [-0.05, 0) is 37.3 Å². The minimum atomic E-state index is -3.61. The number of carbonyl (C=O) groups is 2. The van der Waals surface area contributed by atoms with Crippen LogP contribution in [0.1, 0.15) is 23.7 Å². The second kappa shape index (κ2) is 8.33. The fourth-order valence-electron chi connectivity index (χ4n) is 2.36. The lowest BCUT2D eigenvalue weighted by atomic mass is 10.1. The fraction of sp³-hybridized carbons (Fsp3) is 0.222. The molecule has 0 aliphatic rings.